The van der Waals surface area contributed by atoms with Gasteiger partial charge in [-0.15, -0.1) is 0 Å². The zero-order chi connectivity index (χ0) is 26.0. The first-order valence-corrected chi connectivity index (χ1v) is 13.1. The van der Waals surface area contributed by atoms with E-state index in [1.54, 1.807) is 6.07 Å². The lowest BCUT2D eigenvalue weighted by molar-refractivity contribution is -0.206. The molecule has 1 aliphatic heterocycles. The Bertz CT molecular complexity index is 1250. The lowest BCUT2D eigenvalue weighted by atomic mass is 10.0. The number of halogens is 3. The van der Waals surface area contributed by atoms with Crippen molar-refractivity contribution in [3.05, 3.63) is 76.2 Å². The molecule has 2 N–H and O–H groups in total. The Morgan fingerprint density at radius 3 is 2.65 bits per heavy atom. The van der Waals surface area contributed by atoms with Crippen molar-refractivity contribution in [3.8, 4) is 11.1 Å². The third-order valence-electron chi connectivity index (χ3n) is 7.25. The number of aryl methyl sites for hydroxylation is 1. The number of fused-ring (bicyclic) bond motifs is 3. The molecule has 0 saturated carbocycles. The number of nitrogens with zero attached hydrogens (tertiary/aromatic N) is 3. The lowest BCUT2D eigenvalue weighted by Gasteiger charge is -2.26. The van der Waals surface area contributed by atoms with E-state index in [0.29, 0.717) is 17.8 Å². The summed E-state index contributed by atoms with van der Waals surface area (Å²) in [5.41, 5.74) is 5.96. The van der Waals surface area contributed by atoms with Gasteiger partial charge in [-0.2, -0.15) is 13.2 Å². The molecule has 0 amide bonds. The molecule has 0 bridgehead atoms. The van der Waals surface area contributed by atoms with Gasteiger partial charge in [0.1, 0.15) is 11.6 Å². The van der Waals surface area contributed by atoms with Crippen LogP contribution in [0.3, 0.4) is 0 Å². The molecule has 0 radical (unpaired) electrons. The summed E-state index contributed by atoms with van der Waals surface area (Å²) >= 11 is 0. The molecule has 5 nitrogen and oxygen atoms in total. The van der Waals surface area contributed by atoms with Crippen LogP contribution in [-0.4, -0.2) is 52.3 Å². The van der Waals surface area contributed by atoms with Gasteiger partial charge < -0.3 is 15.3 Å². The summed E-state index contributed by atoms with van der Waals surface area (Å²) in [6.45, 7) is 6.25. The highest BCUT2D eigenvalue weighted by atomic mass is 19.4. The fourth-order valence-electron chi connectivity index (χ4n) is 5.41. The Kier molecular flexibility index (Phi) is 7.49. The van der Waals surface area contributed by atoms with E-state index in [4.69, 9.17) is 9.97 Å². The van der Waals surface area contributed by atoms with Gasteiger partial charge in [-0.1, -0.05) is 54.4 Å². The molecule has 3 aromatic rings. The molecular weight excluding hydrogens is 477 g/mol. The predicted molar refractivity (Wildman–Crippen MR) is 139 cm³/mol. The lowest BCUT2D eigenvalue weighted by Crippen LogP contribution is -2.31. The highest BCUT2D eigenvalue weighted by molar-refractivity contribution is 5.84. The predicted octanol–water partition coefficient (Wildman–Crippen LogP) is 5.83. The van der Waals surface area contributed by atoms with Crippen molar-refractivity contribution >= 4 is 5.82 Å². The number of rotatable bonds is 8. The van der Waals surface area contributed by atoms with Crippen LogP contribution >= 0.6 is 0 Å². The number of aliphatic hydroxyl groups is 1. The van der Waals surface area contributed by atoms with E-state index in [1.165, 1.54) is 61.7 Å². The van der Waals surface area contributed by atoms with Gasteiger partial charge in [-0.3, -0.25) is 0 Å². The molecule has 196 valence electrons. The second-order valence-electron chi connectivity index (χ2n) is 10.2. The fourth-order valence-corrected chi connectivity index (χ4v) is 5.41. The molecule has 1 unspecified atom stereocenters. The minimum Gasteiger partial charge on any atom is -0.379 e. The number of anilines is 1. The Morgan fingerprint density at radius 2 is 1.86 bits per heavy atom. The number of nitrogens with one attached hydrogen (secondary N) is 1. The summed E-state index contributed by atoms with van der Waals surface area (Å²) in [5.74, 6) is 1.34. The highest BCUT2D eigenvalue weighted by Crippen LogP contribution is 2.40. The second-order valence-corrected chi connectivity index (χ2v) is 10.2. The number of benzene rings is 2. The standard InChI is InChI=1S/C29H33F3N4O/c1-19-9-10-23-22(15-19)18-24-26(23)28(33-11-6-14-36-12-3-2-4-13-36)35-25(34-24)17-20-7-5-8-21(16-20)27(37)29(30,31)32/h5,7-10,15-16,27,37H,2-4,6,11-14,17-18H2,1H3,(H,33,34,35). The van der Waals surface area contributed by atoms with Crippen LogP contribution in [0, 0.1) is 6.92 Å². The maximum Gasteiger partial charge on any atom is 0.418 e. The normalized spacial score (nSPS) is 16.4. The van der Waals surface area contributed by atoms with Crippen molar-refractivity contribution in [1.29, 1.82) is 0 Å². The molecule has 1 aliphatic carbocycles. The average Bonchev–Trinajstić information content (AvgIpc) is 3.23. The van der Waals surface area contributed by atoms with Crippen molar-refractivity contribution in [2.45, 2.75) is 57.7 Å². The number of aromatic nitrogens is 2. The summed E-state index contributed by atoms with van der Waals surface area (Å²) in [6.07, 6.45) is -1.36. The molecule has 8 heteroatoms. The van der Waals surface area contributed by atoms with Gasteiger partial charge in [0, 0.05) is 24.9 Å². The van der Waals surface area contributed by atoms with Gasteiger partial charge in [0.2, 0.25) is 0 Å². The minimum absolute atomic E-state index is 0.176. The maximum atomic E-state index is 13.0. The Balaban J connectivity index is 1.38. The monoisotopic (exact) mass is 510 g/mol. The van der Waals surface area contributed by atoms with Crippen molar-refractivity contribution in [2.24, 2.45) is 0 Å². The smallest absolute Gasteiger partial charge is 0.379 e. The Labute approximate surface area is 215 Å². The van der Waals surface area contributed by atoms with Crippen LogP contribution in [0.4, 0.5) is 19.0 Å². The number of hydrogen-bond donors (Lipinski definition) is 2. The number of hydrogen-bond acceptors (Lipinski definition) is 5. The summed E-state index contributed by atoms with van der Waals surface area (Å²) in [6, 6.07) is 12.4. The zero-order valence-corrected chi connectivity index (χ0v) is 21.1. The molecule has 1 atom stereocenters. The maximum absolute atomic E-state index is 13.0. The van der Waals surface area contributed by atoms with E-state index < -0.39 is 12.3 Å². The van der Waals surface area contributed by atoms with Crippen LogP contribution in [0.1, 0.15) is 65.6 Å². The zero-order valence-electron chi connectivity index (χ0n) is 21.1. The Morgan fingerprint density at radius 1 is 1.05 bits per heavy atom. The topological polar surface area (TPSA) is 61.3 Å². The molecule has 2 aromatic carbocycles. The van der Waals surface area contributed by atoms with Crippen molar-refractivity contribution in [2.75, 3.05) is 31.5 Å². The van der Waals surface area contributed by atoms with E-state index >= 15 is 0 Å². The third kappa shape index (κ3) is 5.96. The largest absolute Gasteiger partial charge is 0.418 e. The molecule has 1 aromatic heterocycles. The molecule has 2 heterocycles. The number of likely N-dealkylation sites (tertiary alicyclic amines) is 1. The molecular formula is C29H33F3N4O. The van der Waals surface area contributed by atoms with Crippen LogP contribution < -0.4 is 5.32 Å². The third-order valence-corrected chi connectivity index (χ3v) is 7.25. The van der Waals surface area contributed by atoms with E-state index in [1.807, 2.05) is 0 Å². The van der Waals surface area contributed by atoms with Crippen molar-refractivity contribution in [1.82, 2.24) is 14.9 Å². The first-order valence-electron chi connectivity index (χ1n) is 13.1. The molecule has 37 heavy (non-hydrogen) atoms. The quantitative estimate of drug-likeness (QED) is 0.292. The number of piperidine rings is 1. The van der Waals surface area contributed by atoms with Gasteiger partial charge in [-0.25, -0.2) is 9.97 Å². The first kappa shape index (κ1) is 25.7. The van der Waals surface area contributed by atoms with Crippen molar-refractivity contribution in [3.63, 3.8) is 0 Å². The summed E-state index contributed by atoms with van der Waals surface area (Å²) in [4.78, 5) is 12.2. The van der Waals surface area contributed by atoms with Gasteiger partial charge in [0.15, 0.2) is 6.10 Å². The second kappa shape index (κ2) is 10.8. The van der Waals surface area contributed by atoms with Crippen LogP contribution in [0.15, 0.2) is 42.5 Å². The van der Waals surface area contributed by atoms with Crippen LogP contribution in [0.25, 0.3) is 11.1 Å². The molecule has 1 saturated heterocycles. The van der Waals surface area contributed by atoms with Crippen LogP contribution in [0.5, 0.6) is 0 Å². The fraction of sp³-hybridized carbons (Fsp3) is 0.448. The van der Waals surface area contributed by atoms with E-state index in [2.05, 4.69) is 35.3 Å². The summed E-state index contributed by atoms with van der Waals surface area (Å²) in [5, 5.41) is 13.2. The van der Waals surface area contributed by atoms with Gasteiger partial charge >= 0.3 is 6.18 Å². The Hall–Kier alpha value is -2.97. The molecule has 2 aliphatic rings. The van der Waals surface area contributed by atoms with E-state index in [9.17, 15) is 18.3 Å². The van der Waals surface area contributed by atoms with E-state index in [-0.39, 0.29) is 12.0 Å². The van der Waals surface area contributed by atoms with E-state index in [0.717, 1.165) is 42.1 Å². The van der Waals surface area contributed by atoms with Crippen LogP contribution in [0.2, 0.25) is 0 Å². The summed E-state index contributed by atoms with van der Waals surface area (Å²) in [7, 11) is 0. The minimum atomic E-state index is -4.71. The highest BCUT2D eigenvalue weighted by Gasteiger charge is 2.39. The molecule has 5 rings (SSSR count). The van der Waals surface area contributed by atoms with Crippen molar-refractivity contribution < 1.29 is 18.3 Å². The van der Waals surface area contributed by atoms with Crippen LogP contribution in [-0.2, 0) is 12.8 Å². The van der Waals surface area contributed by atoms with Gasteiger partial charge in [0.25, 0.3) is 0 Å². The molecule has 1 fully saturated rings. The number of alkyl halides is 3. The van der Waals surface area contributed by atoms with Gasteiger partial charge in [-0.05, 0) is 68.1 Å². The SMILES string of the molecule is Cc1ccc2c(c1)Cc1nc(Cc3cccc(C(O)C(F)(F)F)c3)nc(NCCCN3CCCCC3)c1-2. The number of aliphatic hydroxyl groups excluding tert-OH is 1. The molecule has 0 spiro atoms. The van der Waals surface area contributed by atoms with Gasteiger partial charge in [0.05, 0.1) is 5.69 Å². The summed E-state index contributed by atoms with van der Waals surface area (Å²) < 4.78 is 39.1. The first-order chi connectivity index (χ1) is 17.8. The average molecular weight is 511 g/mol.